The molecule has 4 heteroatoms. The second kappa shape index (κ2) is 4.61. The zero-order valence-corrected chi connectivity index (χ0v) is 9.24. The van der Waals surface area contributed by atoms with Crippen LogP contribution in [0.15, 0.2) is 24.3 Å². The van der Waals surface area contributed by atoms with Crippen LogP contribution in [0.1, 0.15) is 6.42 Å². The molecule has 2 rings (SSSR count). The summed E-state index contributed by atoms with van der Waals surface area (Å²) in [6.45, 7) is 1.76. The Kier molecular flexibility index (Phi) is 3.19. The normalized spacial score (nSPS) is 21.0. The predicted octanol–water partition coefficient (Wildman–Crippen LogP) is 1.72. The maximum atomic E-state index is 12.7. The van der Waals surface area contributed by atoms with E-state index in [1.807, 2.05) is 7.05 Å². The van der Waals surface area contributed by atoms with Crippen molar-refractivity contribution in [2.45, 2.75) is 6.42 Å². The third-order valence-electron chi connectivity index (χ3n) is 2.87. The maximum absolute atomic E-state index is 12.7. The molecule has 1 aliphatic rings. The van der Waals surface area contributed by atoms with Crippen molar-refractivity contribution in [1.29, 1.82) is 0 Å². The molecule has 3 nitrogen and oxygen atoms in total. The summed E-state index contributed by atoms with van der Waals surface area (Å²) in [5.41, 5.74) is 0.654. The van der Waals surface area contributed by atoms with Gasteiger partial charge < -0.3 is 10.2 Å². The average molecular weight is 222 g/mol. The molecule has 1 aromatic rings. The van der Waals surface area contributed by atoms with Gasteiger partial charge in [0.15, 0.2) is 0 Å². The van der Waals surface area contributed by atoms with E-state index in [1.165, 1.54) is 12.1 Å². The lowest BCUT2D eigenvalue weighted by molar-refractivity contribution is -0.119. The number of benzene rings is 1. The van der Waals surface area contributed by atoms with Crippen molar-refractivity contribution in [3.8, 4) is 0 Å². The zero-order valence-electron chi connectivity index (χ0n) is 9.24. The highest BCUT2D eigenvalue weighted by molar-refractivity contribution is 5.92. The van der Waals surface area contributed by atoms with Crippen molar-refractivity contribution in [3.05, 3.63) is 30.1 Å². The Balaban J connectivity index is 1.94. The van der Waals surface area contributed by atoms with Crippen molar-refractivity contribution in [1.82, 2.24) is 4.90 Å². The van der Waals surface area contributed by atoms with Gasteiger partial charge in [-0.3, -0.25) is 4.79 Å². The standard InChI is InChI=1S/C12H15FN2O/c1-15-7-6-9(8-15)12(16)14-11-4-2-10(13)3-5-11/h2-5,9H,6-8H2,1H3,(H,14,16). The van der Waals surface area contributed by atoms with Gasteiger partial charge in [0.1, 0.15) is 5.82 Å². The third kappa shape index (κ3) is 2.58. The molecule has 0 radical (unpaired) electrons. The second-order valence-corrected chi connectivity index (χ2v) is 4.24. The van der Waals surface area contributed by atoms with Crippen LogP contribution in [0.2, 0.25) is 0 Å². The topological polar surface area (TPSA) is 32.3 Å². The van der Waals surface area contributed by atoms with E-state index in [-0.39, 0.29) is 17.6 Å². The maximum Gasteiger partial charge on any atom is 0.228 e. The Labute approximate surface area is 94.3 Å². The van der Waals surface area contributed by atoms with E-state index in [2.05, 4.69) is 10.2 Å². The molecular weight excluding hydrogens is 207 g/mol. The molecule has 1 amide bonds. The van der Waals surface area contributed by atoms with Gasteiger partial charge in [0, 0.05) is 12.2 Å². The summed E-state index contributed by atoms with van der Waals surface area (Å²) in [6, 6.07) is 5.84. The van der Waals surface area contributed by atoms with Gasteiger partial charge in [0.25, 0.3) is 0 Å². The first-order valence-corrected chi connectivity index (χ1v) is 5.40. The van der Waals surface area contributed by atoms with Crippen LogP contribution in [0, 0.1) is 11.7 Å². The van der Waals surface area contributed by atoms with Gasteiger partial charge in [-0.05, 0) is 44.3 Å². The van der Waals surface area contributed by atoms with Crippen LogP contribution in [-0.2, 0) is 4.79 Å². The number of likely N-dealkylation sites (tertiary alicyclic amines) is 1. The molecule has 1 saturated heterocycles. The molecule has 86 valence electrons. The largest absolute Gasteiger partial charge is 0.326 e. The first-order valence-electron chi connectivity index (χ1n) is 5.40. The first kappa shape index (κ1) is 11.1. The minimum absolute atomic E-state index is 0.0240. The molecule has 0 spiro atoms. The van der Waals surface area contributed by atoms with Gasteiger partial charge >= 0.3 is 0 Å². The summed E-state index contributed by atoms with van der Waals surface area (Å²) in [4.78, 5) is 13.9. The van der Waals surface area contributed by atoms with Crippen molar-refractivity contribution in [2.75, 3.05) is 25.5 Å². The first-order chi connectivity index (χ1) is 7.65. The van der Waals surface area contributed by atoms with Crippen molar-refractivity contribution in [2.24, 2.45) is 5.92 Å². The minimum Gasteiger partial charge on any atom is -0.326 e. The summed E-state index contributed by atoms with van der Waals surface area (Å²) in [6.07, 6.45) is 0.892. The Morgan fingerprint density at radius 1 is 1.44 bits per heavy atom. The SMILES string of the molecule is CN1CCC(C(=O)Nc2ccc(F)cc2)C1. The zero-order chi connectivity index (χ0) is 11.5. The van der Waals surface area contributed by atoms with Crippen molar-refractivity contribution in [3.63, 3.8) is 0 Å². The number of nitrogens with one attached hydrogen (secondary N) is 1. The molecule has 0 aromatic heterocycles. The molecule has 1 atom stereocenters. The van der Waals surface area contributed by atoms with E-state index in [9.17, 15) is 9.18 Å². The number of carbonyl (C=O) groups is 1. The van der Waals surface area contributed by atoms with E-state index in [0.717, 1.165) is 19.5 Å². The van der Waals surface area contributed by atoms with Gasteiger partial charge in [0.2, 0.25) is 5.91 Å². The number of hydrogen-bond acceptors (Lipinski definition) is 2. The monoisotopic (exact) mass is 222 g/mol. The fourth-order valence-electron chi connectivity index (χ4n) is 1.93. The van der Waals surface area contributed by atoms with Gasteiger partial charge in [-0.2, -0.15) is 0 Å². The number of amides is 1. The van der Waals surface area contributed by atoms with Crippen molar-refractivity contribution >= 4 is 11.6 Å². The quantitative estimate of drug-likeness (QED) is 0.826. The Morgan fingerprint density at radius 3 is 2.69 bits per heavy atom. The Morgan fingerprint density at radius 2 is 2.12 bits per heavy atom. The molecule has 1 fully saturated rings. The van der Waals surface area contributed by atoms with E-state index in [1.54, 1.807) is 12.1 Å². The number of halogens is 1. The lowest BCUT2D eigenvalue weighted by Crippen LogP contribution is -2.25. The Bertz CT molecular complexity index is 377. The number of nitrogens with zero attached hydrogens (tertiary/aromatic N) is 1. The van der Waals surface area contributed by atoms with Crippen LogP contribution in [0.5, 0.6) is 0 Å². The summed E-state index contributed by atoms with van der Waals surface area (Å²) < 4.78 is 12.7. The summed E-state index contributed by atoms with van der Waals surface area (Å²) >= 11 is 0. The third-order valence-corrected chi connectivity index (χ3v) is 2.87. The summed E-state index contributed by atoms with van der Waals surface area (Å²) in [7, 11) is 2.01. The summed E-state index contributed by atoms with van der Waals surface area (Å²) in [5, 5.41) is 2.80. The fourth-order valence-corrected chi connectivity index (χ4v) is 1.93. The molecule has 1 heterocycles. The number of hydrogen-bond donors (Lipinski definition) is 1. The van der Waals surface area contributed by atoms with Gasteiger partial charge in [-0.25, -0.2) is 4.39 Å². The van der Waals surface area contributed by atoms with Crippen LogP contribution in [0.25, 0.3) is 0 Å². The number of anilines is 1. The molecular formula is C12H15FN2O. The highest BCUT2D eigenvalue weighted by Gasteiger charge is 2.25. The van der Waals surface area contributed by atoms with Crippen LogP contribution in [-0.4, -0.2) is 30.9 Å². The van der Waals surface area contributed by atoms with Crippen LogP contribution in [0.4, 0.5) is 10.1 Å². The van der Waals surface area contributed by atoms with Crippen LogP contribution >= 0.6 is 0 Å². The highest BCUT2D eigenvalue weighted by atomic mass is 19.1. The summed E-state index contributed by atoms with van der Waals surface area (Å²) in [5.74, 6) is -0.218. The number of rotatable bonds is 2. The molecule has 1 unspecified atom stereocenters. The van der Waals surface area contributed by atoms with Crippen LogP contribution < -0.4 is 5.32 Å². The molecule has 1 aliphatic heterocycles. The predicted molar refractivity (Wildman–Crippen MR) is 60.6 cm³/mol. The molecule has 0 aliphatic carbocycles. The minimum atomic E-state index is -0.293. The molecule has 0 saturated carbocycles. The van der Waals surface area contributed by atoms with Crippen LogP contribution in [0.3, 0.4) is 0 Å². The lowest BCUT2D eigenvalue weighted by atomic mass is 10.1. The smallest absolute Gasteiger partial charge is 0.228 e. The lowest BCUT2D eigenvalue weighted by Gasteiger charge is -2.11. The van der Waals surface area contributed by atoms with E-state index in [0.29, 0.717) is 5.69 Å². The van der Waals surface area contributed by atoms with E-state index >= 15 is 0 Å². The molecule has 1 aromatic carbocycles. The molecule has 1 N–H and O–H groups in total. The van der Waals surface area contributed by atoms with E-state index in [4.69, 9.17) is 0 Å². The van der Waals surface area contributed by atoms with E-state index < -0.39 is 0 Å². The van der Waals surface area contributed by atoms with Gasteiger partial charge in [0.05, 0.1) is 5.92 Å². The highest BCUT2D eigenvalue weighted by Crippen LogP contribution is 2.17. The Hall–Kier alpha value is -1.42. The average Bonchev–Trinajstić information content (AvgIpc) is 2.68. The second-order valence-electron chi connectivity index (χ2n) is 4.24. The van der Waals surface area contributed by atoms with Gasteiger partial charge in [-0.1, -0.05) is 0 Å². The van der Waals surface area contributed by atoms with Gasteiger partial charge in [-0.15, -0.1) is 0 Å². The van der Waals surface area contributed by atoms with Crippen molar-refractivity contribution < 1.29 is 9.18 Å². The molecule has 0 bridgehead atoms. The molecule has 16 heavy (non-hydrogen) atoms. The fraction of sp³-hybridized carbons (Fsp3) is 0.417. The number of carbonyl (C=O) groups excluding carboxylic acids is 1.